The van der Waals surface area contributed by atoms with Crippen LogP contribution in [0.4, 0.5) is 0 Å². The fraction of sp³-hybridized carbons (Fsp3) is 0.304. The molecular formula is C23H22ClNO5. The Morgan fingerprint density at radius 2 is 1.97 bits per heavy atom. The van der Waals surface area contributed by atoms with Crippen molar-refractivity contribution in [2.45, 2.75) is 25.5 Å². The quantitative estimate of drug-likeness (QED) is 0.447. The highest BCUT2D eigenvalue weighted by atomic mass is 35.5. The molecule has 0 aliphatic carbocycles. The third-order valence-corrected chi connectivity index (χ3v) is 5.68. The molecule has 0 saturated carbocycles. The lowest BCUT2D eigenvalue weighted by molar-refractivity contribution is -0.140. The number of hydrogen-bond acceptors (Lipinski definition) is 5. The number of hydrogen-bond donors (Lipinski definition) is 1. The van der Waals surface area contributed by atoms with E-state index in [0.717, 1.165) is 17.7 Å². The molecule has 2 aliphatic rings. The summed E-state index contributed by atoms with van der Waals surface area (Å²) in [5.74, 6) is -0.801. The minimum absolute atomic E-state index is 0.0605. The van der Waals surface area contributed by atoms with Gasteiger partial charge in [0.05, 0.1) is 18.2 Å². The van der Waals surface area contributed by atoms with Crippen molar-refractivity contribution in [2.75, 3.05) is 20.3 Å². The van der Waals surface area contributed by atoms with Crippen LogP contribution in [0, 0.1) is 0 Å². The van der Waals surface area contributed by atoms with E-state index in [1.54, 1.807) is 36.4 Å². The largest absolute Gasteiger partial charge is 0.507 e. The zero-order valence-corrected chi connectivity index (χ0v) is 17.5. The summed E-state index contributed by atoms with van der Waals surface area (Å²) >= 11 is 6.02. The molecule has 1 N–H and O–H groups in total. The number of aliphatic hydroxyl groups excluding tert-OH is 1. The predicted molar refractivity (Wildman–Crippen MR) is 113 cm³/mol. The molecular weight excluding hydrogens is 406 g/mol. The van der Waals surface area contributed by atoms with Gasteiger partial charge in [0.25, 0.3) is 11.7 Å². The number of amides is 1. The standard InChI is InChI=1S/C23H22ClNO5/c1-13-11-16-12-15(5-8-18(16)30-13)21(26)19-20(14-3-6-17(24)7-4-14)25(9-10-29-2)23(28)22(19)27/h3-8,12-13,20,26H,9-11H2,1-2H3/b21-19-. The molecule has 2 heterocycles. The predicted octanol–water partition coefficient (Wildman–Crippen LogP) is 3.73. The average Bonchev–Trinajstić information content (AvgIpc) is 3.22. The van der Waals surface area contributed by atoms with Gasteiger partial charge in [-0.05, 0) is 48.4 Å². The number of carbonyl (C=O) groups is 2. The van der Waals surface area contributed by atoms with E-state index >= 15 is 0 Å². The molecule has 30 heavy (non-hydrogen) atoms. The third kappa shape index (κ3) is 3.57. The number of Topliss-reactive ketones (excluding diaryl/α,β-unsaturated/α-hetero) is 1. The minimum atomic E-state index is -0.721. The maximum absolute atomic E-state index is 12.9. The van der Waals surface area contributed by atoms with E-state index in [1.165, 1.54) is 12.0 Å². The highest BCUT2D eigenvalue weighted by molar-refractivity contribution is 6.46. The summed E-state index contributed by atoms with van der Waals surface area (Å²) in [6.07, 6.45) is 0.783. The summed E-state index contributed by atoms with van der Waals surface area (Å²) in [6, 6.07) is 11.5. The molecule has 1 amide bonds. The van der Waals surface area contributed by atoms with Crippen molar-refractivity contribution in [3.05, 3.63) is 69.8 Å². The van der Waals surface area contributed by atoms with Crippen LogP contribution in [0.1, 0.15) is 29.7 Å². The lowest BCUT2D eigenvalue weighted by Crippen LogP contribution is -2.32. The van der Waals surface area contributed by atoms with Crippen molar-refractivity contribution in [2.24, 2.45) is 0 Å². The molecule has 4 rings (SSSR count). The van der Waals surface area contributed by atoms with Crippen LogP contribution in [0.3, 0.4) is 0 Å². The van der Waals surface area contributed by atoms with Crippen molar-refractivity contribution in [3.63, 3.8) is 0 Å². The molecule has 156 valence electrons. The van der Waals surface area contributed by atoms with Crippen LogP contribution < -0.4 is 4.74 Å². The number of likely N-dealkylation sites (tertiary alicyclic amines) is 1. The Balaban J connectivity index is 1.82. The Labute approximate surface area is 179 Å². The number of ketones is 1. The molecule has 2 aromatic rings. The van der Waals surface area contributed by atoms with Crippen molar-refractivity contribution in [3.8, 4) is 5.75 Å². The van der Waals surface area contributed by atoms with Gasteiger partial charge in [0.1, 0.15) is 17.6 Å². The Bertz CT molecular complexity index is 1030. The van der Waals surface area contributed by atoms with Gasteiger partial charge in [0.15, 0.2) is 0 Å². The number of nitrogens with zero attached hydrogens (tertiary/aromatic N) is 1. The maximum atomic E-state index is 12.9. The average molecular weight is 428 g/mol. The highest BCUT2D eigenvalue weighted by Gasteiger charge is 2.45. The zero-order chi connectivity index (χ0) is 21.4. The van der Waals surface area contributed by atoms with Crippen LogP contribution in [0.5, 0.6) is 5.75 Å². The van der Waals surface area contributed by atoms with E-state index in [2.05, 4.69) is 0 Å². The van der Waals surface area contributed by atoms with Crippen LogP contribution in [0.2, 0.25) is 5.02 Å². The highest BCUT2D eigenvalue weighted by Crippen LogP contribution is 2.40. The van der Waals surface area contributed by atoms with Gasteiger partial charge in [-0.3, -0.25) is 9.59 Å². The van der Waals surface area contributed by atoms with E-state index < -0.39 is 17.7 Å². The lowest BCUT2D eigenvalue weighted by atomic mass is 9.94. The van der Waals surface area contributed by atoms with Crippen LogP contribution in [0.15, 0.2) is 48.0 Å². The van der Waals surface area contributed by atoms with E-state index in [4.69, 9.17) is 21.1 Å². The van der Waals surface area contributed by atoms with Gasteiger partial charge in [-0.2, -0.15) is 0 Å². The number of fused-ring (bicyclic) bond motifs is 1. The van der Waals surface area contributed by atoms with Crippen LogP contribution >= 0.6 is 11.6 Å². The number of ether oxygens (including phenoxy) is 2. The molecule has 1 saturated heterocycles. The monoisotopic (exact) mass is 427 g/mol. The molecule has 6 nitrogen and oxygen atoms in total. The van der Waals surface area contributed by atoms with E-state index in [9.17, 15) is 14.7 Å². The number of benzene rings is 2. The van der Waals surface area contributed by atoms with Gasteiger partial charge in [0.2, 0.25) is 0 Å². The summed E-state index contributed by atoms with van der Waals surface area (Å²) in [7, 11) is 1.53. The summed E-state index contributed by atoms with van der Waals surface area (Å²) in [5, 5.41) is 11.7. The molecule has 2 atom stereocenters. The van der Waals surface area contributed by atoms with Crippen molar-refractivity contribution < 1.29 is 24.2 Å². The SMILES string of the molecule is COCCN1C(=O)C(=O)/C(=C(\O)c2ccc3c(c2)CC(C)O3)C1c1ccc(Cl)cc1. The molecule has 1 fully saturated rings. The summed E-state index contributed by atoms with van der Waals surface area (Å²) in [4.78, 5) is 27.1. The van der Waals surface area contributed by atoms with Crippen molar-refractivity contribution >= 4 is 29.1 Å². The molecule has 2 unspecified atom stereocenters. The molecule has 2 aromatic carbocycles. The first-order valence-corrected chi connectivity index (χ1v) is 10.1. The first kappa shape index (κ1) is 20.4. The first-order chi connectivity index (χ1) is 14.4. The molecule has 0 bridgehead atoms. The van der Waals surface area contributed by atoms with E-state index in [0.29, 0.717) is 16.1 Å². The number of halogens is 1. The van der Waals surface area contributed by atoms with Gasteiger partial charge in [0, 0.05) is 30.7 Å². The normalized spacial score (nSPS) is 22.3. The Kier molecular flexibility index (Phi) is 5.54. The second-order valence-corrected chi connectivity index (χ2v) is 7.93. The van der Waals surface area contributed by atoms with Gasteiger partial charge < -0.3 is 19.5 Å². The van der Waals surface area contributed by atoms with E-state index in [1.807, 2.05) is 13.0 Å². The molecule has 7 heteroatoms. The number of methoxy groups -OCH3 is 1. The molecule has 2 aliphatic heterocycles. The van der Waals surface area contributed by atoms with Crippen molar-refractivity contribution in [1.29, 1.82) is 0 Å². The summed E-state index contributed by atoms with van der Waals surface area (Å²) < 4.78 is 10.8. The van der Waals surface area contributed by atoms with Gasteiger partial charge in [-0.25, -0.2) is 0 Å². The Morgan fingerprint density at radius 1 is 1.23 bits per heavy atom. The fourth-order valence-electron chi connectivity index (χ4n) is 4.02. The number of rotatable bonds is 5. The molecule has 0 aromatic heterocycles. The maximum Gasteiger partial charge on any atom is 0.295 e. The van der Waals surface area contributed by atoms with Gasteiger partial charge in [-0.1, -0.05) is 23.7 Å². The third-order valence-electron chi connectivity index (χ3n) is 5.43. The van der Waals surface area contributed by atoms with Crippen LogP contribution in [0.25, 0.3) is 5.76 Å². The molecule has 0 spiro atoms. The van der Waals surface area contributed by atoms with E-state index in [-0.39, 0.29) is 30.6 Å². The first-order valence-electron chi connectivity index (χ1n) is 9.73. The zero-order valence-electron chi connectivity index (χ0n) is 16.7. The Hall–Kier alpha value is -2.83. The Morgan fingerprint density at radius 3 is 2.67 bits per heavy atom. The summed E-state index contributed by atoms with van der Waals surface area (Å²) in [6.45, 7) is 2.47. The van der Waals surface area contributed by atoms with Crippen molar-refractivity contribution in [1.82, 2.24) is 4.90 Å². The van der Waals surface area contributed by atoms with Gasteiger partial charge in [-0.15, -0.1) is 0 Å². The second kappa shape index (κ2) is 8.13. The lowest BCUT2D eigenvalue weighted by Gasteiger charge is -2.25. The number of carbonyl (C=O) groups excluding carboxylic acids is 2. The summed E-state index contributed by atoms with van der Waals surface area (Å²) in [5.41, 5.74) is 2.19. The topological polar surface area (TPSA) is 76.1 Å². The van der Waals surface area contributed by atoms with Crippen LogP contribution in [-0.4, -0.2) is 48.1 Å². The van der Waals surface area contributed by atoms with Crippen LogP contribution in [-0.2, 0) is 20.7 Å². The smallest absolute Gasteiger partial charge is 0.295 e. The van der Waals surface area contributed by atoms with Gasteiger partial charge >= 0.3 is 0 Å². The minimum Gasteiger partial charge on any atom is -0.507 e. The molecule has 0 radical (unpaired) electrons. The number of aliphatic hydroxyl groups is 1. The fourth-order valence-corrected chi connectivity index (χ4v) is 4.14. The second-order valence-electron chi connectivity index (χ2n) is 7.49.